The van der Waals surface area contributed by atoms with Gasteiger partial charge in [0, 0.05) is 24.3 Å². The number of benzene rings is 2. The van der Waals surface area contributed by atoms with E-state index in [9.17, 15) is 9.18 Å². The predicted molar refractivity (Wildman–Crippen MR) is 85.4 cm³/mol. The maximum Gasteiger partial charge on any atom is 0.254 e. The summed E-state index contributed by atoms with van der Waals surface area (Å²) in [5, 5.41) is 0. The Morgan fingerprint density at radius 1 is 1.24 bits per heavy atom. The molecule has 0 saturated heterocycles. The fraction of sp³-hybridized carbons (Fsp3) is 0.188. The number of rotatable bonds is 4. The quantitative estimate of drug-likeness (QED) is 0.851. The van der Waals surface area contributed by atoms with E-state index < -0.39 is 5.82 Å². The number of hydrogen-bond acceptors (Lipinski definition) is 2. The maximum absolute atomic E-state index is 13.5. The molecule has 2 aromatic carbocycles. The molecule has 2 aromatic rings. The molecule has 2 N–H and O–H groups in total. The van der Waals surface area contributed by atoms with E-state index in [1.54, 1.807) is 29.2 Å². The minimum absolute atomic E-state index is 0.194. The number of carbonyl (C=O) groups is 1. The molecule has 0 bridgehead atoms. The molecule has 0 spiro atoms. The highest BCUT2D eigenvalue weighted by Crippen LogP contribution is 2.18. The first-order valence-electron chi connectivity index (χ1n) is 6.60. The summed E-state index contributed by atoms with van der Waals surface area (Å²) in [7, 11) is 0. The van der Waals surface area contributed by atoms with E-state index in [1.807, 2.05) is 19.1 Å². The second-order valence-electron chi connectivity index (χ2n) is 4.69. The molecule has 0 heterocycles. The standard InChI is InChI=1S/C16H16BrFN2O/c1-2-20(10-11-3-6-13(19)7-4-11)16(21)12-5-8-14(17)15(18)9-12/h3-9H,2,10,19H2,1H3. The molecule has 0 saturated carbocycles. The molecule has 0 aliphatic heterocycles. The average molecular weight is 351 g/mol. The van der Waals surface area contributed by atoms with E-state index in [0.717, 1.165) is 5.56 Å². The number of anilines is 1. The van der Waals surface area contributed by atoms with Crippen LogP contribution >= 0.6 is 15.9 Å². The van der Waals surface area contributed by atoms with Gasteiger partial charge in [-0.2, -0.15) is 0 Å². The summed E-state index contributed by atoms with van der Waals surface area (Å²) in [4.78, 5) is 14.1. The van der Waals surface area contributed by atoms with Crippen molar-refractivity contribution in [3.05, 3.63) is 63.9 Å². The van der Waals surface area contributed by atoms with Gasteiger partial charge in [-0.15, -0.1) is 0 Å². The Morgan fingerprint density at radius 3 is 2.48 bits per heavy atom. The Kier molecular flexibility index (Phi) is 4.96. The molecule has 0 atom stereocenters. The van der Waals surface area contributed by atoms with E-state index in [-0.39, 0.29) is 5.91 Å². The van der Waals surface area contributed by atoms with Crippen LogP contribution in [0.1, 0.15) is 22.8 Å². The SMILES string of the molecule is CCN(Cc1ccc(N)cc1)C(=O)c1ccc(Br)c(F)c1. The van der Waals surface area contributed by atoms with Crippen molar-refractivity contribution in [2.24, 2.45) is 0 Å². The third-order valence-corrected chi connectivity index (χ3v) is 3.83. The zero-order chi connectivity index (χ0) is 15.4. The molecular weight excluding hydrogens is 335 g/mol. The third kappa shape index (κ3) is 3.82. The minimum atomic E-state index is -0.440. The molecule has 0 aliphatic rings. The van der Waals surface area contributed by atoms with Crippen LogP contribution in [0.15, 0.2) is 46.9 Å². The first kappa shape index (κ1) is 15.5. The topological polar surface area (TPSA) is 46.3 Å². The summed E-state index contributed by atoms with van der Waals surface area (Å²) in [5.41, 5.74) is 7.65. The van der Waals surface area contributed by atoms with Gasteiger partial charge in [0.25, 0.3) is 5.91 Å². The molecule has 3 nitrogen and oxygen atoms in total. The van der Waals surface area contributed by atoms with E-state index in [1.165, 1.54) is 6.07 Å². The van der Waals surface area contributed by atoms with Crippen LogP contribution < -0.4 is 5.73 Å². The number of nitrogens with two attached hydrogens (primary N) is 1. The van der Waals surface area contributed by atoms with Crippen molar-refractivity contribution in [3.8, 4) is 0 Å². The van der Waals surface area contributed by atoms with Crippen molar-refractivity contribution in [1.29, 1.82) is 0 Å². The zero-order valence-electron chi connectivity index (χ0n) is 11.6. The highest BCUT2D eigenvalue weighted by Gasteiger charge is 2.16. The van der Waals surface area contributed by atoms with Crippen molar-refractivity contribution in [2.75, 3.05) is 12.3 Å². The zero-order valence-corrected chi connectivity index (χ0v) is 13.2. The van der Waals surface area contributed by atoms with Crippen molar-refractivity contribution in [2.45, 2.75) is 13.5 Å². The van der Waals surface area contributed by atoms with Gasteiger partial charge in [0.15, 0.2) is 0 Å². The lowest BCUT2D eigenvalue weighted by Gasteiger charge is -2.21. The maximum atomic E-state index is 13.5. The summed E-state index contributed by atoms with van der Waals surface area (Å²) in [6.45, 7) is 2.90. The van der Waals surface area contributed by atoms with Gasteiger partial charge in [0.05, 0.1) is 4.47 Å². The molecule has 0 unspecified atom stereocenters. The van der Waals surface area contributed by atoms with Gasteiger partial charge in [-0.25, -0.2) is 4.39 Å². The highest BCUT2D eigenvalue weighted by molar-refractivity contribution is 9.10. The molecule has 5 heteroatoms. The van der Waals surface area contributed by atoms with Gasteiger partial charge in [0.2, 0.25) is 0 Å². The highest BCUT2D eigenvalue weighted by atomic mass is 79.9. The van der Waals surface area contributed by atoms with E-state index in [2.05, 4.69) is 15.9 Å². The van der Waals surface area contributed by atoms with Crippen LogP contribution in [0.3, 0.4) is 0 Å². The van der Waals surface area contributed by atoms with E-state index in [0.29, 0.717) is 28.8 Å². The van der Waals surface area contributed by atoms with Crippen LogP contribution in [-0.2, 0) is 6.54 Å². The second kappa shape index (κ2) is 6.72. The number of halogens is 2. The Labute approximate surface area is 131 Å². The monoisotopic (exact) mass is 350 g/mol. The molecule has 0 aromatic heterocycles. The van der Waals surface area contributed by atoms with E-state index in [4.69, 9.17) is 5.73 Å². The first-order valence-corrected chi connectivity index (χ1v) is 7.39. The summed E-state index contributed by atoms with van der Waals surface area (Å²) in [6.07, 6.45) is 0. The molecule has 2 rings (SSSR count). The first-order chi connectivity index (χ1) is 10.0. The van der Waals surface area contributed by atoms with Gasteiger partial charge in [-0.3, -0.25) is 4.79 Å². The number of nitrogen functional groups attached to an aromatic ring is 1. The summed E-state index contributed by atoms with van der Waals surface area (Å²) < 4.78 is 13.9. The molecule has 110 valence electrons. The van der Waals surface area contributed by atoms with Gasteiger partial charge >= 0.3 is 0 Å². The van der Waals surface area contributed by atoms with Gasteiger partial charge < -0.3 is 10.6 Å². The van der Waals surface area contributed by atoms with Crippen LogP contribution in [-0.4, -0.2) is 17.4 Å². The molecule has 0 aliphatic carbocycles. The lowest BCUT2D eigenvalue weighted by Crippen LogP contribution is -2.30. The summed E-state index contributed by atoms with van der Waals surface area (Å²) >= 11 is 3.08. The smallest absolute Gasteiger partial charge is 0.254 e. The van der Waals surface area contributed by atoms with Crippen LogP contribution in [0.5, 0.6) is 0 Å². The average Bonchev–Trinajstić information content (AvgIpc) is 2.49. The molecule has 21 heavy (non-hydrogen) atoms. The van der Waals surface area contributed by atoms with Crippen LogP contribution in [0.25, 0.3) is 0 Å². The fourth-order valence-electron chi connectivity index (χ4n) is 1.98. The lowest BCUT2D eigenvalue weighted by molar-refractivity contribution is 0.0752. The van der Waals surface area contributed by atoms with Crippen molar-refractivity contribution in [3.63, 3.8) is 0 Å². The summed E-state index contributed by atoms with van der Waals surface area (Å²) in [5.74, 6) is -0.634. The molecular formula is C16H16BrFN2O. The predicted octanol–water partition coefficient (Wildman–Crippen LogP) is 3.83. The molecule has 0 fully saturated rings. The Balaban J connectivity index is 2.18. The van der Waals surface area contributed by atoms with Crippen molar-refractivity contribution in [1.82, 2.24) is 4.90 Å². The molecule has 0 radical (unpaired) electrons. The number of amides is 1. The fourth-order valence-corrected chi connectivity index (χ4v) is 2.23. The normalized spacial score (nSPS) is 10.4. The van der Waals surface area contributed by atoms with Crippen LogP contribution in [0, 0.1) is 5.82 Å². The number of carbonyl (C=O) groups excluding carboxylic acids is 1. The number of hydrogen-bond donors (Lipinski definition) is 1. The van der Waals surface area contributed by atoms with Crippen LogP contribution in [0.4, 0.5) is 10.1 Å². The molecule has 1 amide bonds. The van der Waals surface area contributed by atoms with Crippen LogP contribution in [0.2, 0.25) is 0 Å². The lowest BCUT2D eigenvalue weighted by atomic mass is 10.1. The Bertz CT molecular complexity index is 643. The van der Waals surface area contributed by atoms with Crippen molar-refractivity contribution < 1.29 is 9.18 Å². The Hall–Kier alpha value is -1.88. The third-order valence-electron chi connectivity index (χ3n) is 3.19. The Morgan fingerprint density at radius 2 is 1.90 bits per heavy atom. The van der Waals surface area contributed by atoms with Gasteiger partial charge in [0.1, 0.15) is 5.82 Å². The second-order valence-corrected chi connectivity index (χ2v) is 5.54. The van der Waals surface area contributed by atoms with E-state index >= 15 is 0 Å². The minimum Gasteiger partial charge on any atom is -0.399 e. The largest absolute Gasteiger partial charge is 0.399 e. The van der Waals surface area contributed by atoms with Gasteiger partial charge in [-0.05, 0) is 58.7 Å². The number of nitrogens with zero attached hydrogens (tertiary/aromatic N) is 1. The van der Waals surface area contributed by atoms with Gasteiger partial charge in [-0.1, -0.05) is 12.1 Å². The van der Waals surface area contributed by atoms with Crippen molar-refractivity contribution >= 4 is 27.5 Å². The summed E-state index contributed by atoms with van der Waals surface area (Å²) in [6, 6.07) is 11.8.